The number of rotatable bonds is 4. The van der Waals surface area contributed by atoms with E-state index >= 15 is 0 Å². The van der Waals surface area contributed by atoms with Gasteiger partial charge in [-0.25, -0.2) is 4.39 Å². The summed E-state index contributed by atoms with van der Waals surface area (Å²) in [4.78, 5) is 0. The molecule has 21 heavy (non-hydrogen) atoms. The van der Waals surface area contributed by atoms with Crippen LogP contribution in [0.4, 0.5) is 4.39 Å². The van der Waals surface area contributed by atoms with E-state index in [0.29, 0.717) is 17.0 Å². The van der Waals surface area contributed by atoms with Crippen LogP contribution < -0.4 is 4.74 Å². The summed E-state index contributed by atoms with van der Waals surface area (Å²) >= 11 is 0. The minimum atomic E-state index is -0.362. The maximum Gasteiger partial charge on any atom is 0.123 e. The summed E-state index contributed by atoms with van der Waals surface area (Å²) in [7, 11) is 0. The molecular formula is C18H18FNO. The standard InChI is InChI=1S/C18H18FNO/c1-12(2)18-7-6-17(8-13(18)3)21-11-15-9-16(19)5-4-14(15)10-20/h4-9,12H,11H2,1-3H3. The molecule has 0 aliphatic heterocycles. The minimum Gasteiger partial charge on any atom is -0.489 e. The summed E-state index contributed by atoms with van der Waals surface area (Å²) in [5.41, 5.74) is 3.45. The Bertz CT molecular complexity index is 686. The van der Waals surface area contributed by atoms with Crippen molar-refractivity contribution in [2.24, 2.45) is 0 Å². The molecule has 0 amide bonds. The van der Waals surface area contributed by atoms with Gasteiger partial charge in [0.15, 0.2) is 0 Å². The van der Waals surface area contributed by atoms with Gasteiger partial charge in [-0.2, -0.15) is 5.26 Å². The van der Waals surface area contributed by atoms with Gasteiger partial charge in [0.05, 0.1) is 11.6 Å². The average molecular weight is 283 g/mol. The third-order valence-corrected chi connectivity index (χ3v) is 3.45. The Hall–Kier alpha value is -2.34. The number of hydrogen-bond acceptors (Lipinski definition) is 2. The fraction of sp³-hybridized carbons (Fsp3) is 0.278. The number of nitrogens with zero attached hydrogens (tertiary/aromatic N) is 1. The zero-order chi connectivity index (χ0) is 15.4. The van der Waals surface area contributed by atoms with Crippen LogP contribution >= 0.6 is 0 Å². The van der Waals surface area contributed by atoms with E-state index in [4.69, 9.17) is 10.00 Å². The van der Waals surface area contributed by atoms with Gasteiger partial charge in [0.2, 0.25) is 0 Å². The number of halogens is 1. The van der Waals surface area contributed by atoms with Crippen LogP contribution in [-0.2, 0) is 6.61 Å². The van der Waals surface area contributed by atoms with Crippen molar-refractivity contribution < 1.29 is 9.13 Å². The van der Waals surface area contributed by atoms with Crippen LogP contribution in [0.25, 0.3) is 0 Å². The molecule has 0 saturated heterocycles. The Kier molecular flexibility index (Phi) is 4.59. The van der Waals surface area contributed by atoms with Gasteiger partial charge in [0, 0.05) is 5.56 Å². The lowest BCUT2D eigenvalue weighted by molar-refractivity contribution is 0.305. The predicted molar refractivity (Wildman–Crippen MR) is 80.7 cm³/mol. The van der Waals surface area contributed by atoms with E-state index in [2.05, 4.69) is 13.8 Å². The van der Waals surface area contributed by atoms with Crippen LogP contribution in [-0.4, -0.2) is 0 Å². The summed E-state index contributed by atoms with van der Waals surface area (Å²) in [6.45, 7) is 6.52. The predicted octanol–water partition coefficient (Wildman–Crippen LogP) is 4.71. The van der Waals surface area contributed by atoms with Gasteiger partial charge in [-0.15, -0.1) is 0 Å². The summed E-state index contributed by atoms with van der Waals surface area (Å²) in [5.74, 6) is 0.830. The maximum atomic E-state index is 13.3. The fourth-order valence-electron chi connectivity index (χ4n) is 2.34. The monoisotopic (exact) mass is 283 g/mol. The summed E-state index contributed by atoms with van der Waals surface area (Å²) in [6.07, 6.45) is 0. The summed E-state index contributed by atoms with van der Waals surface area (Å²) < 4.78 is 18.9. The van der Waals surface area contributed by atoms with Gasteiger partial charge in [-0.1, -0.05) is 19.9 Å². The van der Waals surface area contributed by atoms with E-state index < -0.39 is 0 Å². The first-order valence-electron chi connectivity index (χ1n) is 6.93. The molecule has 0 fully saturated rings. The third-order valence-electron chi connectivity index (χ3n) is 3.45. The zero-order valence-electron chi connectivity index (χ0n) is 12.5. The molecule has 2 nitrogen and oxygen atoms in total. The van der Waals surface area contributed by atoms with Gasteiger partial charge in [-0.05, 0) is 54.3 Å². The van der Waals surface area contributed by atoms with Crippen molar-refractivity contribution in [1.82, 2.24) is 0 Å². The molecule has 2 rings (SSSR count). The Labute approximate surface area is 124 Å². The van der Waals surface area contributed by atoms with Crippen molar-refractivity contribution in [2.75, 3.05) is 0 Å². The number of ether oxygens (including phenoxy) is 1. The van der Waals surface area contributed by atoms with Gasteiger partial charge >= 0.3 is 0 Å². The first-order valence-corrected chi connectivity index (χ1v) is 6.93. The second-order valence-electron chi connectivity index (χ2n) is 5.38. The lowest BCUT2D eigenvalue weighted by Crippen LogP contribution is -2.00. The van der Waals surface area contributed by atoms with Crippen molar-refractivity contribution in [3.8, 4) is 11.8 Å². The normalized spacial score (nSPS) is 10.5. The summed E-state index contributed by atoms with van der Waals surface area (Å²) in [6, 6.07) is 12.1. The van der Waals surface area contributed by atoms with Gasteiger partial charge in [0.1, 0.15) is 18.2 Å². The Morgan fingerprint density at radius 3 is 2.57 bits per heavy atom. The first kappa shape index (κ1) is 15.1. The molecule has 2 aromatic rings. The highest BCUT2D eigenvalue weighted by Gasteiger charge is 2.07. The molecule has 0 N–H and O–H groups in total. The molecule has 0 unspecified atom stereocenters. The Morgan fingerprint density at radius 1 is 1.19 bits per heavy atom. The highest BCUT2D eigenvalue weighted by molar-refractivity contribution is 5.39. The van der Waals surface area contributed by atoms with Crippen LogP contribution in [0.1, 0.15) is 42.0 Å². The van der Waals surface area contributed by atoms with Crippen LogP contribution in [0.2, 0.25) is 0 Å². The second kappa shape index (κ2) is 6.41. The van der Waals surface area contributed by atoms with E-state index in [-0.39, 0.29) is 12.4 Å². The quantitative estimate of drug-likeness (QED) is 0.814. The molecule has 0 aliphatic rings. The van der Waals surface area contributed by atoms with Gasteiger partial charge in [0.25, 0.3) is 0 Å². The van der Waals surface area contributed by atoms with E-state index in [1.165, 1.54) is 29.3 Å². The zero-order valence-corrected chi connectivity index (χ0v) is 12.5. The molecule has 0 heterocycles. The van der Waals surface area contributed by atoms with Crippen molar-refractivity contribution in [1.29, 1.82) is 5.26 Å². The third kappa shape index (κ3) is 3.61. The van der Waals surface area contributed by atoms with Crippen molar-refractivity contribution >= 4 is 0 Å². The molecule has 0 radical (unpaired) electrons. The van der Waals surface area contributed by atoms with Crippen LogP contribution in [0.3, 0.4) is 0 Å². The highest BCUT2D eigenvalue weighted by Crippen LogP contribution is 2.24. The van der Waals surface area contributed by atoms with E-state index in [0.717, 1.165) is 5.75 Å². The smallest absolute Gasteiger partial charge is 0.123 e. The average Bonchev–Trinajstić information content (AvgIpc) is 2.45. The maximum absolute atomic E-state index is 13.3. The molecule has 0 saturated carbocycles. The number of hydrogen-bond donors (Lipinski definition) is 0. The molecule has 108 valence electrons. The van der Waals surface area contributed by atoms with Crippen molar-refractivity contribution in [3.63, 3.8) is 0 Å². The molecule has 3 heteroatoms. The van der Waals surface area contributed by atoms with E-state index in [1.807, 2.05) is 31.2 Å². The fourth-order valence-corrected chi connectivity index (χ4v) is 2.34. The molecule has 0 atom stereocenters. The SMILES string of the molecule is Cc1cc(OCc2cc(F)ccc2C#N)ccc1C(C)C. The molecule has 0 spiro atoms. The van der Waals surface area contributed by atoms with Gasteiger partial charge < -0.3 is 4.74 Å². The second-order valence-corrected chi connectivity index (χ2v) is 5.38. The van der Waals surface area contributed by atoms with Crippen LogP contribution in [0, 0.1) is 24.1 Å². The van der Waals surface area contributed by atoms with Crippen molar-refractivity contribution in [3.05, 3.63) is 64.5 Å². The number of nitriles is 1. The Balaban J connectivity index is 2.16. The molecular weight excluding hydrogens is 265 g/mol. The highest BCUT2D eigenvalue weighted by atomic mass is 19.1. The molecule has 2 aromatic carbocycles. The number of aryl methyl sites for hydroxylation is 1. The lowest BCUT2D eigenvalue weighted by Gasteiger charge is -2.13. The molecule has 0 aliphatic carbocycles. The Morgan fingerprint density at radius 2 is 1.95 bits per heavy atom. The van der Waals surface area contributed by atoms with Gasteiger partial charge in [-0.3, -0.25) is 0 Å². The molecule has 0 aromatic heterocycles. The molecule has 0 bridgehead atoms. The van der Waals surface area contributed by atoms with Crippen molar-refractivity contribution in [2.45, 2.75) is 33.3 Å². The van der Waals surface area contributed by atoms with E-state index in [9.17, 15) is 4.39 Å². The number of benzene rings is 2. The first-order chi connectivity index (χ1) is 10.0. The van der Waals surface area contributed by atoms with Crippen LogP contribution in [0.5, 0.6) is 5.75 Å². The van der Waals surface area contributed by atoms with E-state index in [1.54, 1.807) is 0 Å². The topological polar surface area (TPSA) is 33.0 Å². The van der Waals surface area contributed by atoms with Crippen LogP contribution in [0.15, 0.2) is 36.4 Å². The largest absolute Gasteiger partial charge is 0.489 e. The minimum absolute atomic E-state index is 0.182. The summed E-state index contributed by atoms with van der Waals surface area (Å²) in [5, 5.41) is 9.02. The lowest BCUT2D eigenvalue weighted by atomic mass is 9.98.